The van der Waals surface area contributed by atoms with Gasteiger partial charge in [0.05, 0.1) is 0 Å². The van der Waals surface area contributed by atoms with E-state index >= 15 is 0 Å². The normalized spacial score (nSPS) is 15.8. The lowest BCUT2D eigenvalue weighted by atomic mass is 9.99. The summed E-state index contributed by atoms with van der Waals surface area (Å²) >= 11 is 1.89. The molecule has 0 saturated carbocycles. The Hall–Kier alpha value is -1.26. The average molecular weight is 307 g/mol. The largest absolute Gasteiger partial charge is 0.305 e. The number of fused-ring (bicyclic) bond motifs is 1. The molecule has 0 bridgehead atoms. The van der Waals surface area contributed by atoms with Crippen LogP contribution in [0.2, 0.25) is 0 Å². The molecule has 112 valence electrons. The summed E-state index contributed by atoms with van der Waals surface area (Å²) in [6.07, 6.45) is 4.99. The van der Waals surface area contributed by atoms with Crippen molar-refractivity contribution in [3.63, 3.8) is 0 Å². The van der Waals surface area contributed by atoms with Crippen LogP contribution in [-0.4, -0.2) is 0 Å². The number of hydrogen-bond acceptors (Lipinski definition) is 2. The maximum Gasteiger partial charge on any atom is 0.159 e. The SMILES string of the molecule is CC(NCc1ccc(F)c(F)c1)c1cc2c(s1)CCCC2. The Morgan fingerprint density at radius 2 is 1.95 bits per heavy atom. The fraction of sp³-hybridized carbons (Fsp3) is 0.412. The fourth-order valence-electron chi connectivity index (χ4n) is 2.75. The Balaban J connectivity index is 1.64. The van der Waals surface area contributed by atoms with Gasteiger partial charge in [0.25, 0.3) is 0 Å². The van der Waals surface area contributed by atoms with Crippen LogP contribution in [0.25, 0.3) is 0 Å². The molecule has 2 aromatic rings. The molecule has 0 fully saturated rings. The van der Waals surface area contributed by atoms with Gasteiger partial charge in [-0.25, -0.2) is 8.78 Å². The maximum atomic E-state index is 13.2. The van der Waals surface area contributed by atoms with E-state index in [1.54, 1.807) is 6.07 Å². The topological polar surface area (TPSA) is 12.0 Å². The molecule has 0 spiro atoms. The predicted octanol–water partition coefficient (Wildman–Crippen LogP) is 4.76. The molecule has 0 aliphatic heterocycles. The molecular formula is C17H19F2NS. The van der Waals surface area contributed by atoms with Crippen molar-refractivity contribution in [2.24, 2.45) is 0 Å². The van der Waals surface area contributed by atoms with Crippen LogP contribution in [0.15, 0.2) is 24.3 Å². The second-order valence-corrected chi connectivity index (χ2v) is 6.82. The van der Waals surface area contributed by atoms with Gasteiger partial charge in [-0.1, -0.05) is 6.07 Å². The summed E-state index contributed by atoms with van der Waals surface area (Å²) in [5.74, 6) is -1.58. The Morgan fingerprint density at radius 3 is 2.71 bits per heavy atom. The first-order chi connectivity index (χ1) is 10.1. The summed E-state index contributed by atoms with van der Waals surface area (Å²) in [6, 6.07) is 6.60. The maximum absolute atomic E-state index is 13.2. The molecule has 0 amide bonds. The number of rotatable bonds is 4. The molecule has 1 heterocycles. The molecule has 1 aliphatic carbocycles. The van der Waals surface area contributed by atoms with Crippen molar-refractivity contribution in [2.75, 3.05) is 0 Å². The molecule has 1 nitrogen and oxygen atoms in total. The molecule has 0 saturated heterocycles. The van der Waals surface area contributed by atoms with E-state index in [-0.39, 0.29) is 6.04 Å². The first kappa shape index (κ1) is 14.7. The molecule has 4 heteroatoms. The van der Waals surface area contributed by atoms with Crippen LogP contribution in [-0.2, 0) is 19.4 Å². The minimum atomic E-state index is -0.794. The van der Waals surface area contributed by atoms with Gasteiger partial charge in [0, 0.05) is 22.3 Å². The van der Waals surface area contributed by atoms with E-state index in [1.165, 1.54) is 53.1 Å². The number of nitrogens with one attached hydrogen (secondary N) is 1. The molecular weight excluding hydrogens is 288 g/mol. The molecule has 1 aromatic heterocycles. The van der Waals surface area contributed by atoms with Gasteiger partial charge >= 0.3 is 0 Å². The zero-order valence-electron chi connectivity index (χ0n) is 12.1. The standard InChI is InChI=1S/C17H19F2NS/c1-11(17-9-13-4-2-3-5-16(13)21-17)20-10-12-6-7-14(18)15(19)8-12/h6-9,11,20H,2-5,10H2,1H3. The average Bonchev–Trinajstić information content (AvgIpc) is 2.92. The highest BCUT2D eigenvalue weighted by Crippen LogP contribution is 2.32. The van der Waals surface area contributed by atoms with E-state index < -0.39 is 11.6 Å². The van der Waals surface area contributed by atoms with Crippen LogP contribution in [0.5, 0.6) is 0 Å². The summed E-state index contributed by atoms with van der Waals surface area (Å²) in [6.45, 7) is 2.66. The molecule has 1 N–H and O–H groups in total. The minimum Gasteiger partial charge on any atom is -0.305 e. The van der Waals surface area contributed by atoms with Crippen LogP contribution >= 0.6 is 11.3 Å². The highest BCUT2D eigenvalue weighted by molar-refractivity contribution is 7.12. The van der Waals surface area contributed by atoms with Gasteiger partial charge < -0.3 is 5.32 Å². The Morgan fingerprint density at radius 1 is 1.14 bits per heavy atom. The van der Waals surface area contributed by atoms with Gasteiger partial charge in [-0.05, 0) is 61.9 Å². The third-order valence-electron chi connectivity index (χ3n) is 4.04. The zero-order valence-corrected chi connectivity index (χ0v) is 12.9. The Kier molecular flexibility index (Phi) is 4.36. The van der Waals surface area contributed by atoms with Crippen LogP contribution in [0.3, 0.4) is 0 Å². The molecule has 0 radical (unpaired) electrons. The molecule has 1 atom stereocenters. The van der Waals surface area contributed by atoms with Crippen molar-refractivity contribution in [3.05, 3.63) is 56.8 Å². The summed E-state index contributed by atoms with van der Waals surface area (Å²) in [5.41, 5.74) is 2.27. The lowest BCUT2D eigenvalue weighted by molar-refractivity contribution is 0.504. The van der Waals surface area contributed by atoms with E-state index in [0.717, 1.165) is 5.56 Å². The van der Waals surface area contributed by atoms with Gasteiger partial charge in [0.2, 0.25) is 0 Å². The smallest absolute Gasteiger partial charge is 0.159 e. The fourth-order valence-corrected chi connectivity index (χ4v) is 4.03. The van der Waals surface area contributed by atoms with Crippen LogP contribution < -0.4 is 5.32 Å². The van der Waals surface area contributed by atoms with Crippen LogP contribution in [0.1, 0.15) is 46.7 Å². The van der Waals surface area contributed by atoms with Gasteiger partial charge in [-0.15, -0.1) is 11.3 Å². The van der Waals surface area contributed by atoms with Crippen molar-refractivity contribution in [2.45, 2.75) is 45.2 Å². The van der Waals surface area contributed by atoms with Gasteiger partial charge in [0.15, 0.2) is 11.6 Å². The van der Waals surface area contributed by atoms with Crippen LogP contribution in [0, 0.1) is 11.6 Å². The van der Waals surface area contributed by atoms with Crippen LogP contribution in [0.4, 0.5) is 8.78 Å². The minimum absolute atomic E-state index is 0.230. The first-order valence-corrected chi connectivity index (χ1v) is 8.24. The van der Waals surface area contributed by atoms with Gasteiger partial charge in [0.1, 0.15) is 0 Å². The number of benzene rings is 1. The van der Waals surface area contributed by atoms with E-state index in [9.17, 15) is 8.78 Å². The van der Waals surface area contributed by atoms with E-state index in [4.69, 9.17) is 0 Å². The lowest BCUT2D eigenvalue weighted by Gasteiger charge is -2.12. The second kappa shape index (κ2) is 6.24. The van der Waals surface area contributed by atoms with E-state index in [1.807, 2.05) is 11.3 Å². The predicted molar refractivity (Wildman–Crippen MR) is 82.6 cm³/mol. The third kappa shape index (κ3) is 3.33. The monoisotopic (exact) mass is 307 g/mol. The van der Waals surface area contributed by atoms with E-state index in [2.05, 4.69) is 18.3 Å². The van der Waals surface area contributed by atoms with Crippen molar-refractivity contribution in [3.8, 4) is 0 Å². The van der Waals surface area contributed by atoms with E-state index in [0.29, 0.717) is 6.54 Å². The second-order valence-electron chi connectivity index (χ2n) is 5.66. The number of halogens is 2. The quantitative estimate of drug-likeness (QED) is 0.859. The lowest BCUT2D eigenvalue weighted by Crippen LogP contribution is -2.17. The van der Waals surface area contributed by atoms with Gasteiger partial charge in [-0.2, -0.15) is 0 Å². The number of aryl methyl sites for hydroxylation is 2. The highest BCUT2D eigenvalue weighted by atomic mass is 32.1. The number of thiophene rings is 1. The first-order valence-electron chi connectivity index (χ1n) is 7.42. The highest BCUT2D eigenvalue weighted by Gasteiger charge is 2.16. The molecule has 1 unspecified atom stereocenters. The van der Waals surface area contributed by atoms with Gasteiger partial charge in [-0.3, -0.25) is 0 Å². The van der Waals surface area contributed by atoms with Crippen molar-refractivity contribution < 1.29 is 8.78 Å². The summed E-state index contributed by atoms with van der Waals surface area (Å²) in [5, 5.41) is 3.39. The third-order valence-corrected chi connectivity index (χ3v) is 5.46. The molecule has 1 aliphatic rings. The Bertz CT molecular complexity index is 612. The molecule has 3 rings (SSSR count). The summed E-state index contributed by atoms with van der Waals surface area (Å²) in [4.78, 5) is 2.86. The molecule has 21 heavy (non-hydrogen) atoms. The zero-order chi connectivity index (χ0) is 14.8. The summed E-state index contributed by atoms with van der Waals surface area (Å²) in [7, 11) is 0. The Labute approximate surface area is 128 Å². The summed E-state index contributed by atoms with van der Waals surface area (Å²) < 4.78 is 26.1. The molecule has 1 aromatic carbocycles. The van der Waals surface area contributed by atoms with Crippen molar-refractivity contribution in [1.82, 2.24) is 5.32 Å². The van der Waals surface area contributed by atoms with Crippen molar-refractivity contribution in [1.29, 1.82) is 0 Å². The van der Waals surface area contributed by atoms with Crippen molar-refractivity contribution >= 4 is 11.3 Å². The number of hydrogen-bond donors (Lipinski definition) is 1.